The molecule has 8 heteroatoms. The Kier molecular flexibility index (Phi) is 8.80. The Morgan fingerprint density at radius 2 is 1.42 bits per heavy atom. The number of ketones is 1. The van der Waals surface area contributed by atoms with Gasteiger partial charge in [0.1, 0.15) is 17.2 Å². The van der Waals surface area contributed by atoms with E-state index in [1.807, 2.05) is 72.8 Å². The molecule has 0 aliphatic carbocycles. The van der Waals surface area contributed by atoms with Gasteiger partial charge in [0.2, 0.25) is 17.6 Å². The number of benzene rings is 3. The minimum atomic E-state index is -0.655. The highest BCUT2D eigenvalue weighted by Crippen LogP contribution is 2.25. The first-order valence-electron chi connectivity index (χ1n) is 11.8. The maximum Gasteiger partial charge on any atom is 0.287 e. The quantitative estimate of drug-likeness (QED) is 0.201. The summed E-state index contributed by atoms with van der Waals surface area (Å²) in [6.45, 7) is 0.560. The number of carbonyl (C=O) groups excluding carboxylic acids is 2. The lowest BCUT2D eigenvalue weighted by atomic mass is 10.1. The molecule has 0 atom stereocenters. The minimum Gasteiger partial charge on any atom is -0.494 e. The molecule has 184 valence electrons. The number of nitrogens with zero attached hydrogens (tertiary/aromatic N) is 2. The van der Waals surface area contributed by atoms with Gasteiger partial charge in [-0.2, -0.15) is 0 Å². The average Bonchev–Trinajstić information content (AvgIpc) is 3.40. The lowest BCUT2D eigenvalue weighted by molar-refractivity contribution is -0.138. The van der Waals surface area contributed by atoms with Crippen molar-refractivity contribution in [1.29, 1.82) is 0 Å². The van der Waals surface area contributed by atoms with E-state index in [1.54, 1.807) is 12.1 Å². The Bertz CT molecular complexity index is 1240. The number of amides is 1. The third-order valence-corrected chi connectivity index (χ3v) is 5.26. The molecule has 0 saturated heterocycles. The highest BCUT2D eigenvalue weighted by molar-refractivity contribution is 6.36. The fourth-order valence-electron chi connectivity index (χ4n) is 3.37. The third-order valence-electron chi connectivity index (χ3n) is 5.26. The van der Waals surface area contributed by atoms with Crippen molar-refractivity contribution in [3.05, 3.63) is 90.8 Å². The zero-order valence-electron chi connectivity index (χ0n) is 19.8. The molecule has 1 aromatic heterocycles. The second-order valence-corrected chi connectivity index (χ2v) is 8.02. The minimum absolute atomic E-state index is 0.0162. The van der Waals surface area contributed by atoms with Crippen LogP contribution in [0.3, 0.4) is 0 Å². The number of rotatable bonds is 13. The topological polar surface area (TPSA) is 104 Å². The first-order chi connectivity index (χ1) is 17.7. The van der Waals surface area contributed by atoms with Crippen molar-refractivity contribution in [2.75, 3.05) is 6.61 Å². The van der Waals surface area contributed by atoms with E-state index in [9.17, 15) is 9.59 Å². The fourth-order valence-corrected chi connectivity index (χ4v) is 3.37. The summed E-state index contributed by atoms with van der Waals surface area (Å²) < 4.78 is 17.0. The van der Waals surface area contributed by atoms with Crippen LogP contribution in [-0.2, 0) is 16.1 Å². The smallest absolute Gasteiger partial charge is 0.287 e. The molecule has 0 saturated carbocycles. The van der Waals surface area contributed by atoms with Crippen molar-refractivity contribution < 1.29 is 23.5 Å². The van der Waals surface area contributed by atoms with Crippen LogP contribution in [0.5, 0.6) is 17.2 Å². The monoisotopic (exact) mass is 485 g/mol. The van der Waals surface area contributed by atoms with E-state index in [1.165, 1.54) is 0 Å². The van der Waals surface area contributed by atoms with Crippen molar-refractivity contribution in [2.45, 2.75) is 32.2 Å². The van der Waals surface area contributed by atoms with Crippen molar-refractivity contribution in [2.24, 2.45) is 0 Å². The lowest BCUT2D eigenvalue weighted by Crippen LogP contribution is -2.30. The molecule has 4 aromatic rings. The molecule has 0 unspecified atom stereocenters. The Hall–Kier alpha value is -4.46. The molecular weight excluding hydrogens is 458 g/mol. The molecule has 8 nitrogen and oxygen atoms in total. The Labute approximate surface area is 209 Å². The van der Waals surface area contributed by atoms with Crippen LogP contribution in [0, 0.1) is 0 Å². The summed E-state index contributed by atoms with van der Waals surface area (Å²) in [4.78, 5) is 24.2. The van der Waals surface area contributed by atoms with Gasteiger partial charge in [0.25, 0.3) is 5.91 Å². The highest BCUT2D eigenvalue weighted by Gasteiger charge is 2.15. The van der Waals surface area contributed by atoms with E-state index < -0.39 is 11.7 Å². The molecular formula is C28H27N3O5. The van der Waals surface area contributed by atoms with Crippen LogP contribution >= 0.6 is 0 Å². The lowest BCUT2D eigenvalue weighted by Gasteiger charge is -2.05. The molecule has 1 N–H and O–H groups in total. The van der Waals surface area contributed by atoms with E-state index in [-0.39, 0.29) is 18.9 Å². The number of hydrogen-bond acceptors (Lipinski definition) is 7. The molecule has 1 heterocycles. The van der Waals surface area contributed by atoms with Gasteiger partial charge in [-0.05, 0) is 67.8 Å². The van der Waals surface area contributed by atoms with Crippen LogP contribution in [0.1, 0.15) is 31.6 Å². The van der Waals surface area contributed by atoms with Crippen LogP contribution in [0.15, 0.2) is 89.3 Å². The molecule has 0 radical (unpaired) electrons. The third kappa shape index (κ3) is 7.53. The molecule has 4 rings (SSSR count). The number of nitrogens with one attached hydrogen (secondary N) is 1. The molecule has 0 aliphatic rings. The molecule has 0 spiro atoms. The average molecular weight is 486 g/mol. The van der Waals surface area contributed by atoms with E-state index >= 15 is 0 Å². The molecule has 36 heavy (non-hydrogen) atoms. The van der Waals surface area contributed by atoms with E-state index in [0.717, 1.165) is 24.3 Å². The van der Waals surface area contributed by atoms with Crippen molar-refractivity contribution >= 4 is 11.7 Å². The zero-order valence-corrected chi connectivity index (χ0v) is 19.8. The summed E-state index contributed by atoms with van der Waals surface area (Å²) in [6, 6.07) is 26.3. The van der Waals surface area contributed by atoms with Gasteiger partial charge in [-0.25, -0.2) is 0 Å². The van der Waals surface area contributed by atoms with Crippen LogP contribution in [0.4, 0.5) is 0 Å². The van der Waals surface area contributed by atoms with Crippen molar-refractivity contribution in [3.8, 4) is 28.7 Å². The second-order valence-electron chi connectivity index (χ2n) is 8.02. The summed E-state index contributed by atoms with van der Waals surface area (Å²) in [6.07, 6.45) is 2.42. The number of ether oxygens (including phenoxy) is 2. The first-order valence-corrected chi connectivity index (χ1v) is 11.8. The van der Waals surface area contributed by atoms with Crippen molar-refractivity contribution in [3.63, 3.8) is 0 Å². The summed E-state index contributed by atoms with van der Waals surface area (Å²) in [5, 5.41) is 10.5. The van der Waals surface area contributed by atoms with Gasteiger partial charge in [-0.3, -0.25) is 9.59 Å². The Morgan fingerprint density at radius 3 is 2.14 bits per heavy atom. The summed E-state index contributed by atoms with van der Waals surface area (Å²) in [5.74, 6) is 1.66. The van der Waals surface area contributed by atoms with Gasteiger partial charge < -0.3 is 19.2 Å². The van der Waals surface area contributed by atoms with Gasteiger partial charge in [0.05, 0.1) is 13.2 Å². The largest absolute Gasteiger partial charge is 0.494 e. The SMILES string of the molecule is O=C(CCCCCOc1ccccc1)C(=O)NCc1nnc(-c2ccc(Oc3ccccc3)cc2)o1. The fraction of sp³-hybridized carbons (Fsp3) is 0.214. The predicted molar refractivity (Wildman–Crippen MR) is 134 cm³/mol. The first kappa shape index (κ1) is 24.7. The maximum absolute atomic E-state index is 12.1. The molecule has 0 fully saturated rings. The van der Waals surface area contributed by atoms with Gasteiger partial charge in [-0.1, -0.05) is 36.4 Å². The normalized spacial score (nSPS) is 10.6. The molecule has 0 bridgehead atoms. The number of para-hydroxylation sites is 2. The van der Waals surface area contributed by atoms with Crippen LogP contribution in [-0.4, -0.2) is 28.5 Å². The molecule has 1 amide bonds. The maximum atomic E-state index is 12.1. The molecule has 3 aromatic carbocycles. The van der Waals surface area contributed by atoms with E-state index in [2.05, 4.69) is 15.5 Å². The number of hydrogen-bond donors (Lipinski definition) is 1. The highest BCUT2D eigenvalue weighted by atomic mass is 16.5. The summed E-state index contributed by atoms with van der Waals surface area (Å²) >= 11 is 0. The van der Waals surface area contributed by atoms with Gasteiger partial charge in [0, 0.05) is 12.0 Å². The number of carbonyl (C=O) groups is 2. The summed E-state index contributed by atoms with van der Waals surface area (Å²) in [7, 11) is 0. The van der Waals surface area contributed by atoms with Crippen LogP contribution in [0.25, 0.3) is 11.5 Å². The van der Waals surface area contributed by atoms with Crippen LogP contribution < -0.4 is 14.8 Å². The Morgan fingerprint density at radius 1 is 0.750 bits per heavy atom. The van der Waals surface area contributed by atoms with Gasteiger partial charge >= 0.3 is 0 Å². The number of unbranched alkanes of at least 4 members (excludes halogenated alkanes) is 2. The van der Waals surface area contributed by atoms with Crippen LogP contribution in [0.2, 0.25) is 0 Å². The number of Topliss-reactive ketones (excluding diaryl/α,β-unsaturated/α-hetero) is 1. The van der Waals surface area contributed by atoms with E-state index in [0.29, 0.717) is 30.2 Å². The molecule has 0 aliphatic heterocycles. The van der Waals surface area contributed by atoms with Crippen molar-refractivity contribution in [1.82, 2.24) is 15.5 Å². The predicted octanol–water partition coefficient (Wildman–Crippen LogP) is 5.35. The second kappa shape index (κ2) is 12.9. The standard InChI is InChI=1S/C28H27N3O5/c32-25(14-8-3-9-19-34-22-10-4-1-5-11-22)27(33)29-20-26-30-31-28(36-26)21-15-17-24(18-16-21)35-23-12-6-2-7-13-23/h1-2,4-7,10-13,15-18H,3,8-9,14,19-20H2,(H,29,33). The number of aromatic nitrogens is 2. The van der Waals surface area contributed by atoms with Gasteiger partial charge in [0.15, 0.2) is 0 Å². The zero-order chi connectivity index (χ0) is 25.0. The Balaban J connectivity index is 1.15. The van der Waals surface area contributed by atoms with E-state index in [4.69, 9.17) is 13.9 Å². The van der Waals surface area contributed by atoms with Gasteiger partial charge in [-0.15, -0.1) is 10.2 Å². The summed E-state index contributed by atoms with van der Waals surface area (Å²) in [5.41, 5.74) is 0.716.